The molecule has 0 radical (unpaired) electrons. The molecule has 1 rings (SSSR count). The summed E-state index contributed by atoms with van der Waals surface area (Å²) in [5, 5.41) is -0.184. The Balaban J connectivity index is 2.70. The van der Waals surface area contributed by atoms with Crippen molar-refractivity contribution < 1.29 is 4.74 Å². The zero-order valence-electron chi connectivity index (χ0n) is 8.64. The predicted molar refractivity (Wildman–Crippen MR) is 66.3 cm³/mol. The minimum absolute atomic E-state index is 0.184. The van der Waals surface area contributed by atoms with Crippen molar-refractivity contribution in [2.45, 2.75) is 23.1 Å². The number of hydrogen-bond donors (Lipinski definition) is 0. The maximum atomic E-state index is 6.18. The molecule has 0 aliphatic rings. The van der Waals surface area contributed by atoms with Crippen LogP contribution < -0.4 is 4.74 Å². The van der Waals surface area contributed by atoms with Crippen LogP contribution in [0.2, 0.25) is 0 Å². The molecule has 1 atom stereocenters. The highest BCUT2D eigenvalue weighted by molar-refractivity contribution is 6.48. The summed E-state index contributed by atoms with van der Waals surface area (Å²) in [4.78, 5) is 0. The van der Waals surface area contributed by atoms with Gasteiger partial charge in [-0.15, -0.1) is 34.8 Å². The second-order valence-electron chi connectivity index (χ2n) is 3.52. The maximum absolute atomic E-state index is 6.18. The van der Waals surface area contributed by atoms with Crippen molar-refractivity contribution in [2.24, 2.45) is 0 Å². The van der Waals surface area contributed by atoms with Crippen LogP contribution in [0.3, 0.4) is 0 Å². The summed E-state index contributed by atoms with van der Waals surface area (Å²) in [5.74, 6) is 0.808. The zero-order valence-corrected chi connectivity index (χ0v) is 10.9. The smallest absolute Gasteiger partial charge is 0.118 e. The van der Waals surface area contributed by atoms with Gasteiger partial charge in [0.25, 0.3) is 0 Å². The summed E-state index contributed by atoms with van der Waals surface area (Å²) in [6.07, 6.45) is 0.504. The Labute approximate surface area is 105 Å². The molecule has 4 heteroatoms. The van der Waals surface area contributed by atoms with Crippen molar-refractivity contribution >= 4 is 34.8 Å². The van der Waals surface area contributed by atoms with Crippen LogP contribution in [0, 0.1) is 0 Å². The molecular formula is C11H13Cl3O. The molecular weight excluding hydrogens is 254 g/mol. The van der Waals surface area contributed by atoms with E-state index >= 15 is 0 Å². The summed E-state index contributed by atoms with van der Waals surface area (Å²) in [6, 6.07) is 7.56. The number of alkyl halides is 3. The molecule has 0 spiro atoms. The highest BCUT2D eigenvalue weighted by Crippen LogP contribution is 2.36. The minimum Gasteiger partial charge on any atom is -0.497 e. The van der Waals surface area contributed by atoms with Crippen LogP contribution in [0.25, 0.3) is 0 Å². The standard InChI is InChI=1S/C11H13Cl3O/c1-11(13,14)7-10(12)8-3-5-9(15-2)6-4-8/h3-6,10H,7H2,1-2H3. The van der Waals surface area contributed by atoms with E-state index in [9.17, 15) is 0 Å². The van der Waals surface area contributed by atoms with Crippen LogP contribution in [-0.2, 0) is 0 Å². The highest BCUT2D eigenvalue weighted by Gasteiger charge is 2.22. The number of benzene rings is 1. The first kappa shape index (κ1) is 13.0. The lowest BCUT2D eigenvalue weighted by molar-refractivity contribution is 0.414. The van der Waals surface area contributed by atoms with Crippen molar-refractivity contribution in [3.05, 3.63) is 29.8 Å². The third-order valence-electron chi connectivity index (χ3n) is 2.02. The molecule has 0 bridgehead atoms. The first-order chi connectivity index (χ1) is 6.92. The molecule has 0 saturated heterocycles. The third-order valence-corrected chi connectivity index (χ3v) is 2.73. The Kier molecular flexibility index (Phi) is 4.57. The van der Waals surface area contributed by atoms with Gasteiger partial charge in [0.05, 0.1) is 12.5 Å². The molecule has 0 N–H and O–H groups in total. The van der Waals surface area contributed by atoms with Gasteiger partial charge >= 0.3 is 0 Å². The number of hydrogen-bond acceptors (Lipinski definition) is 1. The van der Waals surface area contributed by atoms with Crippen LogP contribution in [0.15, 0.2) is 24.3 Å². The SMILES string of the molecule is COc1ccc(C(Cl)CC(C)(Cl)Cl)cc1. The van der Waals surface area contributed by atoms with E-state index < -0.39 is 4.33 Å². The molecule has 0 aromatic heterocycles. The zero-order chi connectivity index (χ0) is 11.5. The van der Waals surface area contributed by atoms with Crippen LogP contribution in [0.4, 0.5) is 0 Å². The first-order valence-corrected chi connectivity index (χ1v) is 5.77. The number of methoxy groups -OCH3 is 1. The van der Waals surface area contributed by atoms with Gasteiger partial charge in [-0.2, -0.15) is 0 Å². The van der Waals surface area contributed by atoms with E-state index in [0.29, 0.717) is 6.42 Å². The fourth-order valence-electron chi connectivity index (χ4n) is 1.25. The van der Waals surface area contributed by atoms with E-state index in [1.807, 2.05) is 24.3 Å². The van der Waals surface area contributed by atoms with Crippen LogP contribution >= 0.6 is 34.8 Å². The van der Waals surface area contributed by atoms with Gasteiger partial charge in [-0.3, -0.25) is 0 Å². The average molecular weight is 268 g/mol. The lowest BCUT2D eigenvalue weighted by atomic mass is 10.1. The maximum Gasteiger partial charge on any atom is 0.118 e. The Hall–Kier alpha value is -0.110. The largest absolute Gasteiger partial charge is 0.497 e. The molecule has 84 valence electrons. The highest BCUT2D eigenvalue weighted by atomic mass is 35.5. The summed E-state index contributed by atoms with van der Waals surface area (Å²) in [7, 11) is 1.63. The van der Waals surface area contributed by atoms with Crippen LogP contribution in [0.1, 0.15) is 24.3 Å². The lowest BCUT2D eigenvalue weighted by Gasteiger charge is -2.17. The Morgan fingerprint density at radius 3 is 2.20 bits per heavy atom. The van der Waals surface area contributed by atoms with Gasteiger partial charge in [-0.25, -0.2) is 0 Å². The number of rotatable bonds is 4. The van der Waals surface area contributed by atoms with Crippen molar-refractivity contribution in [1.29, 1.82) is 0 Å². The molecule has 1 aromatic rings. The predicted octanol–water partition coefficient (Wildman–Crippen LogP) is 4.56. The summed E-state index contributed by atoms with van der Waals surface area (Å²) in [6.45, 7) is 1.73. The van der Waals surface area contributed by atoms with Crippen molar-refractivity contribution in [2.75, 3.05) is 7.11 Å². The molecule has 1 unspecified atom stereocenters. The van der Waals surface area contributed by atoms with Crippen molar-refractivity contribution in [3.8, 4) is 5.75 Å². The lowest BCUT2D eigenvalue weighted by Crippen LogP contribution is -2.09. The molecule has 0 aliphatic heterocycles. The van der Waals surface area contributed by atoms with E-state index in [-0.39, 0.29) is 5.38 Å². The van der Waals surface area contributed by atoms with Gasteiger partial charge in [0, 0.05) is 6.42 Å². The molecule has 0 saturated carbocycles. The molecule has 0 aliphatic carbocycles. The quantitative estimate of drug-likeness (QED) is 0.727. The Morgan fingerprint density at radius 2 is 1.80 bits per heavy atom. The molecule has 15 heavy (non-hydrogen) atoms. The van der Waals surface area contributed by atoms with E-state index in [1.165, 1.54) is 0 Å². The second kappa shape index (κ2) is 5.29. The fraction of sp³-hybridized carbons (Fsp3) is 0.455. The van der Waals surface area contributed by atoms with Gasteiger partial charge in [-0.1, -0.05) is 12.1 Å². The molecule has 0 heterocycles. The molecule has 0 amide bonds. The van der Waals surface area contributed by atoms with E-state index in [4.69, 9.17) is 39.5 Å². The number of ether oxygens (including phenoxy) is 1. The van der Waals surface area contributed by atoms with Gasteiger partial charge in [0.15, 0.2) is 0 Å². The average Bonchev–Trinajstić information content (AvgIpc) is 2.15. The van der Waals surface area contributed by atoms with Crippen molar-refractivity contribution in [3.63, 3.8) is 0 Å². The third kappa shape index (κ3) is 4.50. The Bertz CT molecular complexity index is 303. The topological polar surface area (TPSA) is 9.23 Å². The second-order valence-corrected chi connectivity index (χ2v) is 5.90. The molecule has 1 aromatic carbocycles. The monoisotopic (exact) mass is 266 g/mol. The normalized spacial score (nSPS) is 13.7. The van der Waals surface area contributed by atoms with Crippen LogP contribution in [-0.4, -0.2) is 11.4 Å². The van der Waals surface area contributed by atoms with Crippen molar-refractivity contribution in [1.82, 2.24) is 0 Å². The van der Waals surface area contributed by atoms with Gasteiger partial charge < -0.3 is 4.74 Å². The van der Waals surface area contributed by atoms with Gasteiger partial charge in [0.1, 0.15) is 10.1 Å². The summed E-state index contributed by atoms with van der Waals surface area (Å²) >= 11 is 18.0. The Morgan fingerprint density at radius 1 is 1.27 bits per heavy atom. The van der Waals surface area contributed by atoms with Crippen LogP contribution in [0.5, 0.6) is 5.75 Å². The minimum atomic E-state index is -0.799. The van der Waals surface area contributed by atoms with E-state index in [2.05, 4.69) is 0 Å². The van der Waals surface area contributed by atoms with Gasteiger partial charge in [-0.05, 0) is 24.6 Å². The van der Waals surface area contributed by atoms with Gasteiger partial charge in [0.2, 0.25) is 0 Å². The molecule has 1 nitrogen and oxygen atoms in total. The molecule has 0 fully saturated rings. The van der Waals surface area contributed by atoms with E-state index in [0.717, 1.165) is 11.3 Å². The summed E-state index contributed by atoms with van der Waals surface area (Å²) in [5.41, 5.74) is 0.991. The first-order valence-electron chi connectivity index (χ1n) is 4.58. The summed E-state index contributed by atoms with van der Waals surface area (Å²) < 4.78 is 4.26. The fourth-order valence-corrected chi connectivity index (χ4v) is 2.17. The number of halogens is 3. The van der Waals surface area contributed by atoms with E-state index in [1.54, 1.807) is 14.0 Å².